The van der Waals surface area contributed by atoms with Crippen LogP contribution in [-0.2, 0) is 0 Å². The predicted molar refractivity (Wildman–Crippen MR) is 65.0 cm³/mol. The smallest absolute Gasteiger partial charge is 0.257 e. The molecular weight excluding hydrogens is 228 g/mol. The second-order valence-corrected chi connectivity index (χ2v) is 6.48. The lowest BCUT2D eigenvalue weighted by Gasteiger charge is -2.22. The molecule has 0 aliphatic carbocycles. The Balaban J connectivity index is 3.01. The van der Waals surface area contributed by atoms with Gasteiger partial charge in [-0.05, 0) is 11.6 Å². The summed E-state index contributed by atoms with van der Waals surface area (Å²) in [7, 11) is 0. The van der Waals surface area contributed by atoms with E-state index in [0.29, 0.717) is 5.56 Å². The third-order valence-electron chi connectivity index (χ3n) is 1.97. The van der Waals surface area contributed by atoms with E-state index in [-0.39, 0.29) is 4.75 Å². The first-order chi connectivity index (χ1) is 7.31. The summed E-state index contributed by atoms with van der Waals surface area (Å²) in [6.07, 6.45) is -2.53. The molecule has 1 nitrogen and oxygen atoms in total. The van der Waals surface area contributed by atoms with Crippen LogP contribution in [0.2, 0.25) is 0 Å². The van der Waals surface area contributed by atoms with Gasteiger partial charge >= 0.3 is 0 Å². The van der Waals surface area contributed by atoms with Crippen LogP contribution < -0.4 is 5.73 Å². The fraction of sp³-hybridized carbons (Fsp3) is 0.500. The molecule has 0 radical (unpaired) electrons. The SMILES string of the molecule is CC(C)(C)Sc1ccccc1[C@@H](N)C(F)F. The number of hydrogen-bond donors (Lipinski definition) is 1. The standard InChI is InChI=1S/C12H17F2NS/c1-12(2,3)16-9-7-5-4-6-8(9)10(15)11(13)14/h4-7,10-11H,15H2,1-3H3/t10-/m1/s1. The zero-order valence-electron chi connectivity index (χ0n) is 9.71. The molecule has 0 aliphatic rings. The van der Waals surface area contributed by atoms with Gasteiger partial charge in [0.05, 0.1) is 6.04 Å². The lowest BCUT2D eigenvalue weighted by atomic mass is 10.1. The van der Waals surface area contributed by atoms with Crippen LogP contribution >= 0.6 is 11.8 Å². The Hall–Kier alpha value is -0.610. The second kappa shape index (κ2) is 5.15. The van der Waals surface area contributed by atoms with Crippen molar-refractivity contribution in [2.75, 3.05) is 0 Å². The van der Waals surface area contributed by atoms with E-state index in [4.69, 9.17) is 5.73 Å². The van der Waals surface area contributed by atoms with Gasteiger partial charge in [0.1, 0.15) is 0 Å². The first kappa shape index (κ1) is 13.5. The fourth-order valence-corrected chi connectivity index (χ4v) is 2.44. The molecule has 0 fully saturated rings. The van der Waals surface area contributed by atoms with Gasteiger partial charge in [0, 0.05) is 9.64 Å². The molecule has 0 spiro atoms. The van der Waals surface area contributed by atoms with Gasteiger partial charge in [-0.3, -0.25) is 0 Å². The van der Waals surface area contributed by atoms with E-state index in [9.17, 15) is 8.78 Å². The summed E-state index contributed by atoms with van der Waals surface area (Å²) >= 11 is 1.56. The molecule has 1 atom stereocenters. The highest BCUT2D eigenvalue weighted by Crippen LogP contribution is 2.36. The van der Waals surface area contributed by atoms with E-state index in [2.05, 4.69) is 0 Å². The van der Waals surface area contributed by atoms with Gasteiger partial charge in [-0.2, -0.15) is 0 Å². The number of thioether (sulfide) groups is 1. The second-order valence-electron chi connectivity index (χ2n) is 4.61. The average molecular weight is 245 g/mol. The van der Waals surface area contributed by atoms with Crippen molar-refractivity contribution in [2.45, 2.75) is 42.9 Å². The van der Waals surface area contributed by atoms with Crippen LogP contribution in [0, 0.1) is 0 Å². The molecule has 1 aromatic rings. The van der Waals surface area contributed by atoms with E-state index >= 15 is 0 Å². The van der Waals surface area contributed by atoms with E-state index in [1.54, 1.807) is 23.9 Å². The van der Waals surface area contributed by atoms with Gasteiger partial charge in [0.15, 0.2) is 0 Å². The molecule has 0 unspecified atom stereocenters. The summed E-state index contributed by atoms with van der Waals surface area (Å²) in [5, 5.41) is 0. The number of alkyl halides is 2. The first-order valence-corrected chi connectivity index (χ1v) is 5.94. The Morgan fingerprint density at radius 2 is 1.75 bits per heavy atom. The zero-order chi connectivity index (χ0) is 12.3. The molecule has 0 bridgehead atoms. The molecule has 0 heterocycles. The number of halogens is 2. The van der Waals surface area contributed by atoms with Crippen LogP contribution in [0.3, 0.4) is 0 Å². The topological polar surface area (TPSA) is 26.0 Å². The highest BCUT2D eigenvalue weighted by Gasteiger charge is 2.22. The predicted octanol–water partition coefficient (Wildman–Crippen LogP) is 3.84. The third-order valence-corrected chi connectivity index (χ3v) is 3.17. The number of nitrogens with two attached hydrogens (primary N) is 1. The molecule has 1 rings (SSSR count). The van der Waals surface area contributed by atoms with Crippen molar-refractivity contribution in [1.82, 2.24) is 0 Å². The molecular formula is C12H17F2NS. The monoisotopic (exact) mass is 245 g/mol. The summed E-state index contributed by atoms with van der Waals surface area (Å²) in [5.74, 6) is 0. The summed E-state index contributed by atoms with van der Waals surface area (Å²) in [6, 6.07) is 5.89. The molecule has 90 valence electrons. The summed E-state index contributed by atoms with van der Waals surface area (Å²) < 4.78 is 25.2. The van der Waals surface area contributed by atoms with E-state index < -0.39 is 12.5 Å². The molecule has 1 aromatic carbocycles. The van der Waals surface area contributed by atoms with Gasteiger partial charge in [-0.15, -0.1) is 11.8 Å². The van der Waals surface area contributed by atoms with Crippen LogP contribution in [0.15, 0.2) is 29.2 Å². The average Bonchev–Trinajstić information content (AvgIpc) is 2.15. The maximum Gasteiger partial charge on any atom is 0.257 e. The number of rotatable bonds is 3. The van der Waals surface area contributed by atoms with Crippen molar-refractivity contribution in [1.29, 1.82) is 0 Å². The Morgan fingerprint density at radius 3 is 2.25 bits per heavy atom. The van der Waals surface area contributed by atoms with Gasteiger partial charge in [0.2, 0.25) is 0 Å². The number of hydrogen-bond acceptors (Lipinski definition) is 2. The minimum atomic E-state index is -2.53. The maximum absolute atomic E-state index is 12.6. The van der Waals surface area contributed by atoms with Crippen LogP contribution in [0.1, 0.15) is 32.4 Å². The molecule has 0 saturated heterocycles. The molecule has 0 amide bonds. The van der Waals surface area contributed by atoms with E-state index in [0.717, 1.165) is 4.90 Å². The number of benzene rings is 1. The van der Waals surface area contributed by atoms with Gasteiger partial charge in [-0.25, -0.2) is 8.78 Å². The fourth-order valence-electron chi connectivity index (χ4n) is 1.31. The van der Waals surface area contributed by atoms with Gasteiger partial charge in [-0.1, -0.05) is 39.0 Å². The minimum Gasteiger partial charge on any atom is -0.319 e. The van der Waals surface area contributed by atoms with Crippen LogP contribution in [-0.4, -0.2) is 11.2 Å². The molecule has 16 heavy (non-hydrogen) atoms. The zero-order valence-corrected chi connectivity index (χ0v) is 10.5. The molecule has 4 heteroatoms. The van der Waals surface area contributed by atoms with Crippen molar-refractivity contribution in [3.8, 4) is 0 Å². The third kappa shape index (κ3) is 3.76. The van der Waals surface area contributed by atoms with Crippen molar-refractivity contribution in [2.24, 2.45) is 5.73 Å². The maximum atomic E-state index is 12.6. The Labute approximate surface area is 99.4 Å². The lowest BCUT2D eigenvalue weighted by molar-refractivity contribution is 0.115. The van der Waals surface area contributed by atoms with Crippen molar-refractivity contribution in [3.05, 3.63) is 29.8 Å². The quantitative estimate of drug-likeness (QED) is 0.819. The minimum absolute atomic E-state index is 0.0159. The Morgan fingerprint density at radius 1 is 1.19 bits per heavy atom. The molecule has 0 aliphatic heterocycles. The highest BCUT2D eigenvalue weighted by atomic mass is 32.2. The van der Waals surface area contributed by atoms with Crippen molar-refractivity contribution >= 4 is 11.8 Å². The van der Waals surface area contributed by atoms with E-state index in [1.807, 2.05) is 32.9 Å². The Kier molecular flexibility index (Phi) is 4.33. The molecule has 0 aromatic heterocycles. The first-order valence-electron chi connectivity index (χ1n) is 5.13. The van der Waals surface area contributed by atoms with E-state index in [1.165, 1.54) is 0 Å². The van der Waals surface area contributed by atoms with Crippen LogP contribution in [0.4, 0.5) is 8.78 Å². The summed E-state index contributed by atoms with van der Waals surface area (Å²) in [5.41, 5.74) is 6.02. The Bertz CT molecular complexity index is 347. The highest BCUT2D eigenvalue weighted by molar-refractivity contribution is 8.00. The van der Waals surface area contributed by atoms with Crippen molar-refractivity contribution < 1.29 is 8.78 Å². The van der Waals surface area contributed by atoms with Crippen LogP contribution in [0.5, 0.6) is 0 Å². The molecule has 2 N–H and O–H groups in total. The lowest BCUT2D eigenvalue weighted by Crippen LogP contribution is -2.20. The summed E-state index contributed by atoms with van der Waals surface area (Å²) in [4.78, 5) is 0.836. The largest absolute Gasteiger partial charge is 0.319 e. The van der Waals surface area contributed by atoms with Gasteiger partial charge < -0.3 is 5.73 Å². The van der Waals surface area contributed by atoms with Crippen molar-refractivity contribution in [3.63, 3.8) is 0 Å². The summed E-state index contributed by atoms with van der Waals surface area (Å²) in [6.45, 7) is 6.13. The van der Waals surface area contributed by atoms with Crippen LogP contribution in [0.25, 0.3) is 0 Å². The normalized spacial score (nSPS) is 14.2. The van der Waals surface area contributed by atoms with Gasteiger partial charge in [0.25, 0.3) is 6.43 Å². The molecule has 0 saturated carbocycles.